The van der Waals surface area contributed by atoms with E-state index in [-0.39, 0.29) is 5.91 Å². The number of nitrogens with one attached hydrogen (secondary N) is 1. The summed E-state index contributed by atoms with van der Waals surface area (Å²) in [5, 5.41) is 10.7. The van der Waals surface area contributed by atoms with Gasteiger partial charge in [-0.05, 0) is 30.2 Å². The van der Waals surface area contributed by atoms with Gasteiger partial charge in [0.25, 0.3) is 5.91 Å². The van der Waals surface area contributed by atoms with Gasteiger partial charge in [0.15, 0.2) is 5.69 Å². The van der Waals surface area contributed by atoms with Gasteiger partial charge in [0.05, 0.1) is 19.3 Å². The summed E-state index contributed by atoms with van der Waals surface area (Å²) in [5.74, 6) is 0.537. The molecule has 0 radical (unpaired) electrons. The molecular weight excluding hydrogens is 316 g/mol. The number of ether oxygens (including phenoxy) is 1. The molecule has 25 heavy (non-hydrogen) atoms. The van der Waals surface area contributed by atoms with Crippen molar-refractivity contribution in [1.29, 1.82) is 0 Å². The van der Waals surface area contributed by atoms with Gasteiger partial charge in [-0.1, -0.05) is 47.7 Å². The Morgan fingerprint density at radius 2 is 2.00 bits per heavy atom. The van der Waals surface area contributed by atoms with Crippen LogP contribution in [0.4, 0.5) is 0 Å². The molecule has 0 spiro atoms. The fourth-order valence-electron chi connectivity index (χ4n) is 2.38. The highest BCUT2D eigenvalue weighted by Gasteiger charge is 2.10. The number of carbonyl (C=O) groups excluding carboxylic acids is 1. The van der Waals surface area contributed by atoms with Crippen molar-refractivity contribution >= 4 is 5.91 Å². The Morgan fingerprint density at radius 3 is 2.80 bits per heavy atom. The summed E-state index contributed by atoms with van der Waals surface area (Å²) in [6, 6.07) is 17.7. The van der Waals surface area contributed by atoms with Gasteiger partial charge in [0, 0.05) is 0 Å². The second-order valence-corrected chi connectivity index (χ2v) is 5.71. The molecule has 0 atom stereocenters. The van der Waals surface area contributed by atoms with E-state index in [1.54, 1.807) is 10.9 Å². The Hall–Kier alpha value is -3.15. The largest absolute Gasteiger partial charge is 0.492 e. The highest BCUT2D eigenvalue weighted by atomic mass is 16.5. The quantitative estimate of drug-likeness (QED) is 0.673. The van der Waals surface area contributed by atoms with Crippen molar-refractivity contribution in [2.45, 2.75) is 13.5 Å². The first kappa shape index (κ1) is 16.7. The standard InChI is InChI=1S/C19H20N4O2/c1-15-6-5-9-17(12-15)25-11-10-20-19(24)18-14-23(22-21-18)13-16-7-3-2-4-8-16/h2-9,12,14H,10-11,13H2,1H3,(H,20,24). The second kappa shape index (κ2) is 8.10. The predicted octanol–water partition coefficient (Wildman–Crippen LogP) is 2.44. The highest BCUT2D eigenvalue weighted by Crippen LogP contribution is 2.11. The number of nitrogens with zero attached hydrogens (tertiary/aromatic N) is 3. The average molecular weight is 336 g/mol. The first-order valence-electron chi connectivity index (χ1n) is 8.12. The van der Waals surface area contributed by atoms with E-state index in [2.05, 4.69) is 15.6 Å². The van der Waals surface area contributed by atoms with Crippen LogP contribution in [0, 0.1) is 6.92 Å². The zero-order valence-corrected chi connectivity index (χ0v) is 14.1. The molecule has 6 nitrogen and oxygen atoms in total. The van der Waals surface area contributed by atoms with Crippen molar-refractivity contribution in [2.75, 3.05) is 13.2 Å². The van der Waals surface area contributed by atoms with Crippen LogP contribution in [0.2, 0.25) is 0 Å². The van der Waals surface area contributed by atoms with Crippen molar-refractivity contribution in [3.63, 3.8) is 0 Å². The van der Waals surface area contributed by atoms with E-state index in [4.69, 9.17) is 4.74 Å². The summed E-state index contributed by atoms with van der Waals surface area (Å²) in [4.78, 5) is 12.1. The summed E-state index contributed by atoms with van der Waals surface area (Å²) in [6.07, 6.45) is 1.64. The van der Waals surface area contributed by atoms with E-state index in [9.17, 15) is 4.79 Å². The average Bonchev–Trinajstić information content (AvgIpc) is 3.08. The SMILES string of the molecule is Cc1cccc(OCCNC(=O)c2cn(Cc3ccccc3)nn2)c1. The van der Waals surface area contributed by atoms with Crippen LogP contribution in [-0.4, -0.2) is 34.1 Å². The molecule has 128 valence electrons. The van der Waals surface area contributed by atoms with E-state index >= 15 is 0 Å². The van der Waals surface area contributed by atoms with Crippen LogP contribution >= 0.6 is 0 Å². The lowest BCUT2D eigenvalue weighted by Gasteiger charge is -2.07. The van der Waals surface area contributed by atoms with Crippen LogP contribution < -0.4 is 10.1 Å². The minimum atomic E-state index is -0.257. The van der Waals surface area contributed by atoms with E-state index in [0.29, 0.717) is 25.4 Å². The van der Waals surface area contributed by atoms with Gasteiger partial charge in [0.2, 0.25) is 0 Å². The molecule has 1 N–H and O–H groups in total. The molecule has 0 saturated carbocycles. The van der Waals surface area contributed by atoms with Crippen LogP contribution in [0.15, 0.2) is 60.8 Å². The first-order valence-corrected chi connectivity index (χ1v) is 8.12. The van der Waals surface area contributed by atoms with Gasteiger partial charge in [0.1, 0.15) is 12.4 Å². The molecule has 0 aliphatic rings. The third-order valence-corrected chi connectivity index (χ3v) is 3.60. The number of hydrogen-bond acceptors (Lipinski definition) is 4. The summed E-state index contributed by atoms with van der Waals surface area (Å²) < 4.78 is 7.25. The fraction of sp³-hybridized carbons (Fsp3) is 0.211. The molecule has 2 aromatic carbocycles. The molecule has 1 amide bonds. The third-order valence-electron chi connectivity index (χ3n) is 3.60. The zero-order valence-electron chi connectivity index (χ0n) is 14.1. The van der Waals surface area contributed by atoms with E-state index < -0.39 is 0 Å². The molecule has 0 aliphatic carbocycles. The normalized spacial score (nSPS) is 10.4. The predicted molar refractivity (Wildman–Crippen MR) is 94.6 cm³/mol. The van der Waals surface area contributed by atoms with Gasteiger partial charge < -0.3 is 10.1 Å². The van der Waals surface area contributed by atoms with Crippen LogP contribution in [0.3, 0.4) is 0 Å². The lowest BCUT2D eigenvalue weighted by Crippen LogP contribution is -2.28. The smallest absolute Gasteiger partial charge is 0.273 e. The summed E-state index contributed by atoms with van der Waals surface area (Å²) in [7, 11) is 0. The molecule has 6 heteroatoms. The Bertz CT molecular complexity index is 830. The van der Waals surface area contributed by atoms with Crippen molar-refractivity contribution in [3.8, 4) is 5.75 Å². The van der Waals surface area contributed by atoms with Crippen molar-refractivity contribution < 1.29 is 9.53 Å². The maximum atomic E-state index is 12.1. The Kier molecular flexibility index (Phi) is 5.41. The minimum Gasteiger partial charge on any atom is -0.492 e. The van der Waals surface area contributed by atoms with Crippen molar-refractivity contribution in [1.82, 2.24) is 20.3 Å². The summed E-state index contributed by atoms with van der Waals surface area (Å²) >= 11 is 0. The number of hydrogen-bond donors (Lipinski definition) is 1. The van der Waals surface area contributed by atoms with Gasteiger partial charge in [-0.3, -0.25) is 4.79 Å². The molecule has 3 aromatic rings. The lowest BCUT2D eigenvalue weighted by molar-refractivity contribution is 0.0942. The van der Waals surface area contributed by atoms with E-state index in [1.807, 2.05) is 61.5 Å². The summed E-state index contributed by atoms with van der Waals surface area (Å²) in [6.45, 7) is 3.39. The Labute approximate surface area is 146 Å². The van der Waals surface area contributed by atoms with Crippen LogP contribution in [0.25, 0.3) is 0 Å². The summed E-state index contributed by atoms with van der Waals surface area (Å²) in [5.41, 5.74) is 2.54. The van der Waals surface area contributed by atoms with Gasteiger partial charge >= 0.3 is 0 Å². The number of aryl methyl sites for hydroxylation is 1. The molecule has 0 aliphatic heterocycles. The minimum absolute atomic E-state index is 0.257. The zero-order chi connectivity index (χ0) is 17.5. The molecule has 1 heterocycles. The molecule has 0 saturated heterocycles. The topological polar surface area (TPSA) is 69.0 Å². The maximum absolute atomic E-state index is 12.1. The van der Waals surface area contributed by atoms with Crippen LogP contribution in [0.5, 0.6) is 5.75 Å². The lowest BCUT2D eigenvalue weighted by atomic mass is 10.2. The highest BCUT2D eigenvalue weighted by molar-refractivity contribution is 5.91. The number of amides is 1. The molecular formula is C19H20N4O2. The molecule has 0 unspecified atom stereocenters. The fourth-order valence-corrected chi connectivity index (χ4v) is 2.38. The molecule has 1 aromatic heterocycles. The van der Waals surface area contributed by atoms with Gasteiger partial charge in [-0.25, -0.2) is 4.68 Å². The second-order valence-electron chi connectivity index (χ2n) is 5.71. The third kappa shape index (κ3) is 4.91. The molecule has 0 fully saturated rings. The number of carbonyl (C=O) groups is 1. The van der Waals surface area contributed by atoms with Gasteiger partial charge in [-0.15, -0.1) is 5.10 Å². The van der Waals surface area contributed by atoms with Gasteiger partial charge in [-0.2, -0.15) is 0 Å². The first-order chi connectivity index (χ1) is 12.2. The van der Waals surface area contributed by atoms with E-state index in [1.165, 1.54) is 0 Å². The Balaban J connectivity index is 1.45. The van der Waals surface area contributed by atoms with Crippen molar-refractivity contribution in [2.24, 2.45) is 0 Å². The van der Waals surface area contributed by atoms with Crippen LogP contribution in [-0.2, 0) is 6.54 Å². The maximum Gasteiger partial charge on any atom is 0.273 e. The number of benzene rings is 2. The van der Waals surface area contributed by atoms with Crippen molar-refractivity contribution in [3.05, 3.63) is 77.6 Å². The number of aromatic nitrogens is 3. The molecule has 0 bridgehead atoms. The van der Waals surface area contributed by atoms with E-state index in [0.717, 1.165) is 16.9 Å². The monoisotopic (exact) mass is 336 g/mol. The van der Waals surface area contributed by atoms with Crippen LogP contribution in [0.1, 0.15) is 21.6 Å². The number of rotatable bonds is 7. The Morgan fingerprint density at radius 1 is 1.16 bits per heavy atom. The molecule has 3 rings (SSSR count).